The second-order valence-electron chi connectivity index (χ2n) is 6.91. The molecule has 0 amide bonds. The van der Waals surface area contributed by atoms with Crippen LogP contribution in [0.15, 0.2) is 30.3 Å². The third-order valence-corrected chi connectivity index (χ3v) is 4.92. The minimum atomic E-state index is 0.459. The fraction of sp³-hybridized carbons (Fsp3) is 0.684. The van der Waals surface area contributed by atoms with Crippen LogP contribution < -0.4 is 5.32 Å². The van der Waals surface area contributed by atoms with Gasteiger partial charge in [-0.05, 0) is 43.7 Å². The van der Waals surface area contributed by atoms with Crippen molar-refractivity contribution in [1.82, 2.24) is 10.2 Å². The van der Waals surface area contributed by atoms with E-state index in [0.29, 0.717) is 12.0 Å². The summed E-state index contributed by atoms with van der Waals surface area (Å²) in [6.45, 7) is 12.9. The Labute approximate surface area is 130 Å². The van der Waals surface area contributed by atoms with E-state index in [0.717, 1.165) is 18.5 Å². The molecule has 4 unspecified atom stereocenters. The van der Waals surface area contributed by atoms with Crippen LogP contribution in [0.2, 0.25) is 0 Å². The zero-order valence-electron chi connectivity index (χ0n) is 14.2. The van der Waals surface area contributed by atoms with Crippen LogP contribution in [0.3, 0.4) is 0 Å². The number of benzene rings is 1. The number of hydrogen-bond acceptors (Lipinski definition) is 2. The van der Waals surface area contributed by atoms with Gasteiger partial charge in [0, 0.05) is 25.2 Å². The standard InChI is InChI=1S/C19H32N2/c1-5-20-19(18-9-7-6-8-10-18)16(3)14-21-13-15(2)11-12-17(21)4/h6-10,15-17,19-20H,5,11-14H2,1-4H3. The molecule has 0 saturated carbocycles. The Balaban J connectivity index is 2.03. The quantitative estimate of drug-likeness (QED) is 0.848. The van der Waals surface area contributed by atoms with Gasteiger partial charge in [0.05, 0.1) is 0 Å². The summed E-state index contributed by atoms with van der Waals surface area (Å²) in [4.78, 5) is 2.70. The van der Waals surface area contributed by atoms with E-state index in [-0.39, 0.29) is 0 Å². The summed E-state index contributed by atoms with van der Waals surface area (Å²) in [5.41, 5.74) is 1.42. The van der Waals surface area contributed by atoms with Crippen molar-refractivity contribution in [2.45, 2.75) is 52.6 Å². The van der Waals surface area contributed by atoms with Crippen LogP contribution in [0.25, 0.3) is 0 Å². The molecule has 1 aliphatic heterocycles. The molecule has 118 valence electrons. The van der Waals surface area contributed by atoms with Crippen LogP contribution in [0.1, 0.15) is 52.1 Å². The van der Waals surface area contributed by atoms with Crippen molar-refractivity contribution in [2.24, 2.45) is 11.8 Å². The first-order chi connectivity index (χ1) is 10.1. The Morgan fingerprint density at radius 2 is 1.90 bits per heavy atom. The molecule has 1 fully saturated rings. The Morgan fingerprint density at radius 3 is 2.57 bits per heavy atom. The van der Waals surface area contributed by atoms with Crippen LogP contribution in [0.5, 0.6) is 0 Å². The van der Waals surface area contributed by atoms with Gasteiger partial charge in [-0.25, -0.2) is 0 Å². The van der Waals surface area contributed by atoms with E-state index in [9.17, 15) is 0 Å². The maximum Gasteiger partial charge on any atom is 0.0358 e. The van der Waals surface area contributed by atoms with E-state index < -0.39 is 0 Å². The maximum atomic E-state index is 3.69. The minimum Gasteiger partial charge on any atom is -0.310 e. The Kier molecular flexibility index (Phi) is 6.25. The van der Waals surface area contributed by atoms with Gasteiger partial charge >= 0.3 is 0 Å². The van der Waals surface area contributed by atoms with Gasteiger partial charge in [0.15, 0.2) is 0 Å². The highest BCUT2D eigenvalue weighted by molar-refractivity contribution is 5.19. The summed E-state index contributed by atoms with van der Waals surface area (Å²) in [5, 5.41) is 3.69. The molecule has 1 N–H and O–H groups in total. The second kappa shape index (κ2) is 7.95. The monoisotopic (exact) mass is 288 g/mol. The molecule has 1 aromatic carbocycles. The molecule has 2 nitrogen and oxygen atoms in total. The fourth-order valence-electron chi connectivity index (χ4n) is 3.64. The molecule has 1 aliphatic rings. The van der Waals surface area contributed by atoms with Gasteiger partial charge < -0.3 is 10.2 Å². The predicted octanol–water partition coefficient (Wildman–Crippen LogP) is 4.09. The van der Waals surface area contributed by atoms with Gasteiger partial charge in [0.1, 0.15) is 0 Å². The number of nitrogens with one attached hydrogen (secondary N) is 1. The molecule has 0 radical (unpaired) electrons. The smallest absolute Gasteiger partial charge is 0.0358 e. The van der Waals surface area contributed by atoms with Gasteiger partial charge in [-0.1, -0.05) is 51.1 Å². The van der Waals surface area contributed by atoms with Crippen molar-refractivity contribution in [3.63, 3.8) is 0 Å². The average Bonchev–Trinajstić information content (AvgIpc) is 2.49. The van der Waals surface area contributed by atoms with Crippen LogP contribution in [0, 0.1) is 11.8 Å². The largest absolute Gasteiger partial charge is 0.310 e. The van der Waals surface area contributed by atoms with Crippen LogP contribution >= 0.6 is 0 Å². The van der Waals surface area contributed by atoms with Crippen LogP contribution in [-0.4, -0.2) is 30.6 Å². The lowest BCUT2D eigenvalue weighted by Crippen LogP contribution is -2.45. The summed E-state index contributed by atoms with van der Waals surface area (Å²) in [5.74, 6) is 1.47. The molecular formula is C19H32N2. The molecule has 0 aliphatic carbocycles. The minimum absolute atomic E-state index is 0.459. The lowest BCUT2D eigenvalue weighted by molar-refractivity contribution is 0.0993. The van der Waals surface area contributed by atoms with E-state index in [4.69, 9.17) is 0 Å². The zero-order chi connectivity index (χ0) is 15.2. The molecule has 1 saturated heterocycles. The number of hydrogen-bond donors (Lipinski definition) is 1. The first kappa shape index (κ1) is 16.5. The van der Waals surface area contributed by atoms with Gasteiger partial charge in [-0.2, -0.15) is 0 Å². The molecule has 21 heavy (non-hydrogen) atoms. The summed E-state index contributed by atoms with van der Waals surface area (Å²) in [7, 11) is 0. The van der Waals surface area contributed by atoms with Crippen molar-refractivity contribution in [2.75, 3.05) is 19.6 Å². The van der Waals surface area contributed by atoms with E-state index in [1.54, 1.807) is 0 Å². The van der Waals surface area contributed by atoms with Crippen molar-refractivity contribution < 1.29 is 0 Å². The molecular weight excluding hydrogens is 256 g/mol. The van der Waals surface area contributed by atoms with E-state index in [2.05, 4.69) is 68.2 Å². The topological polar surface area (TPSA) is 15.3 Å². The fourth-order valence-corrected chi connectivity index (χ4v) is 3.64. The summed E-state index contributed by atoms with van der Waals surface area (Å²) in [6.07, 6.45) is 2.74. The maximum absolute atomic E-state index is 3.69. The third-order valence-electron chi connectivity index (χ3n) is 4.92. The van der Waals surface area contributed by atoms with Crippen LogP contribution in [-0.2, 0) is 0 Å². The van der Waals surface area contributed by atoms with Crippen molar-refractivity contribution in [3.05, 3.63) is 35.9 Å². The Morgan fingerprint density at radius 1 is 1.19 bits per heavy atom. The Bertz CT molecular complexity index is 403. The molecule has 2 heteroatoms. The van der Waals surface area contributed by atoms with Gasteiger partial charge in [-0.3, -0.25) is 0 Å². The van der Waals surface area contributed by atoms with Gasteiger partial charge in [-0.15, -0.1) is 0 Å². The zero-order valence-corrected chi connectivity index (χ0v) is 14.2. The predicted molar refractivity (Wildman–Crippen MR) is 91.5 cm³/mol. The summed E-state index contributed by atoms with van der Waals surface area (Å²) < 4.78 is 0. The molecule has 2 rings (SSSR count). The lowest BCUT2D eigenvalue weighted by Gasteiger charge is -2.40. The molecule has 1 aromatic rings. The summed E-state index contributed by atoms with van der Waals surface area (Å²) in [6, 6.07) is 12.1. The first-order valence-corrected chi connectivity index (χ1v) is 8.64. The highest BCUT2D eigenvalue weighted by Crippen LogP contribution is 2.27. The van der Waals surface area contributed by atoms with Crippen LogP contribution in [0.4, 0.5) is 0 Å². The first-order valence-electron chi connectivity index (χ1n) is 8.64. The SMILES string of the molecule is CCNC(c1ccccc1)C(C)CN1CC(C)CCC1C. The molecule has 0 aromatic heterocycles. The Hall–Kier alpha value is -0.860. The number of rotatable bonds is 6. The van der Waals surface area contributed by atoms with Gasteiger partial charge in [0.25, 0.3) is 0 Å². The van der Waals surface area contributed by atoms with Gasteiger partial charge in [0.2, 0.25) is 0 Å². The molecule has 4 atom stereocenters. The molecule has 0 spiro atoms. The van der Waals surface area contributed by atoms with Crippen molar-refractivity contribution >= 4 is 0 Å². The highest BCUT2D eigenvalue weighted by Gasteiger charge is 2.27. The number of piperidine rings is 1. The molecule has 1 heterocycles. The lowest BCUT2D eigenvalue weighted by atomic mass is 9.90. The van der Waals surface area contributed by atoms with Crippen molar-refractivity contribution in [3.8, 4) is 0 Å². The number of nitrogens with zero attached hydrogens (tertiary/aromatic N) is 1. The summed E-state index contributed by atoms with van der Waals surface area (Å²) >= 11 is 0. The highest BCUT2D eigenvalue weighted by atomic mass is 15.2. The second-order valence-corrected chi connectivity index (χ2v) is 6.91. The van der Waals surface area contributed by atoms with E-state index >= 15 is 0 Å². The van der Waals surface area contributed by atoms with E-state index in [1.165, 1.54) is 31.5 Å². The average molecular weight is 288 g/mol. The third kappa shape index (κ3) is 4.55. The van der Waals surface area contributed by atoms with E-state index in [1.807, 2.05) is 0 Å². The number of likely N-dealkylation sites (tertiary alicyclic amines) is 1. The molecule has 0 bridgehead atoms. The normalized spacial score (nSPS) is 26.5. The van der Waals surface area contributed by atoms with Crippen molar-refractivity contribution in [1.29, 1.82) is 0 Å².